The van der Waals surface area contributed by atoms with Crippen LogP contribution in [0.3, 0.4) is 0 Å². The highest BCUT2D eigenvalue weighted by Crippen LogP contribution is 2.54. The number of sulfone groups is 2. The molecule has 0 spiro atoms. The minimum absolute atomic E-state index is 0.255. The van der Waals surface area contributed by atoms with Crippen LogP contribution in [0, 0.1) is 0 Å². The van der Waals surface area contributed by atoms with Gasteiger partial charge in [-0.2, -0.15) is 0 Å². The second-order valence-electron chi connectivity index (χ2n) is 12.5. The monoisotopic (exact) mass is 644 g/mol. The lowest BCUT2D eigenvalue weighted by Crippen LogP contribution is -2.62. The van der Waals surface area contributed by atoms with Crippen LogP contribution in [-0.2, 0) is 19.7 Å². The quantitative estimate of drug-likeness (QED) is 0.179. The van der Waals surface area contributed by atoms with E-state index in [9.17, 15) is 16.8 Å². The summed E-state index contributed by atoms with van der Waals surface area (Å²) in [5.41, 5.74) is 6.92. The normalized spacial score (nSPS) is 16.6. The van der Waals surface area contributed by atoms with E-state index < -0.39 is 19.7 Å². The average Bonchev–Trinajstić information content (AvgIpc) is 3.09. The van der Waals surface area contributed by atoms with Gasteiger partial charge in [0.15, 0.2) is 0 Å². The summed E-state index contributed by atoms with van der Waals surface area (Å²) in [6.07, 6.45) is 0. The maximum Gasteiger partial charge on any atom is 0.252 e. The zero-order chi connectivity index (χ0) is 31.4. The molecule has 0 saturated heterocycles. The number of hydrogen-bond donors (Lipinski definition) is 0. The van der Waals surface area contributed by atoms with Crippen molar-refractivity contribution in [3.05, 3.63) is 127 Å². The molecule has 0 aliphatic carbocycles. The van der Waals surface area contributed by atoms with Gasteiger partial charge in [-0.3, -0.25) is 0 Å². The van der Waals surface area contributed by atoms with Crippen LogP contribution in [0.5, 0.6) is 0 Å². The SMILES string of the molecule is O=S1(=O)c2cc3ccccc3cc2N2c3cccc4c3B(c3cccc1c32)c1cccc2c1N4c1cc3ccccc3cc1S2(=O)=O. The van der Waals surface area contributed by atoms with Gasteiger partial charge in [-0.1, -0.05) is 78.9 Å². The third kappa shape index (κ3) is 2.98. The fourth-order valence-electron chi connectivity index (χ4n) is 8.34. The highest BCUT2D eigenvalue weighted by molar-refractivity contribution is 7.92. The Morgan fingerprint density at radius 1 is 0.404 bits per heavy atom. The van der Waals surface area contributed by atoms with Crippen LogP contribution < -0.4 is 26.2 Å². The molecule has 222 valence electrons. The second kappa shape index (κ2) is 8.31. The van der Waals surface area contributed by atoms with E-state index in [0.29, 0.717) is 22.7 Å². The molecule has 11 rings (SSSR count). The topological polar surface area (TPSA) is 74.8 Å². The van der Waals surface area contributed by atoms with E-state index in [1.54, 1.807) is 24.3 Å². The third-order valence-electron chi connectivity index (χ3n) is 10.3. The van der Waals surface area contributed by atoms with Gasteiger partial charge in [-0.15, -0.1) is 0 Å². The number of para-hydroxylation sites is 2. The summed E-state index contributed by atoms with van der Waals surface area (Å²) >= 11 is 0. The predicted molar refractivity (Wildman–Crippen MR) is 186 cm³/mol. The van der Waals surface area contributed by atoms with Crippen molar-refractivity contribution < 1.29 is 16.8 Å². The average molecular weight is 645 g/mol. The third-order valence-corrected chi connectivity index (χ3v) is 13.9. The zero-order valence-electron chi connectivity index (χ0n) is 24.5. The molecule has 0 atom stereocenters. The minimum Gasteiger partial charge on any atom is -0.309 e. The first-order chi connectivity index (χ1) is 22.8. The molecule has 47 heavy (non-hydrogen) atoms. The van der Waals surface area contributed by atoms with Crippen LogP contribution in [0.4, 0.5) is 34.1 Å². The van der Waals surface area contributed by atoms with E-state index in [1.807, 2.05) is 91.0 Å². The van der Waals surface area contributed by atoms with Crippen molar-refractivity contribution in [2.24, 2.45) is 0 Å². The minimum atomic E-state index is -3.87. The lowest BCUT2D eigenvalue weighted by molar-refractivity contribution is 0.593. The number of rotatable bonds is 0. The molecule has 0 radical (unpaired) electrons. The van der Waals surface area contributed by atoms with E-state index in [0.717, 1.165) is 49.3 Å². The number of fused-ring (bicyclic) bond motifs is 10. The molecular weight excluding hydrogens is 623 g/mol. The summed E-state index contributed by atoms with van der Waals surface area (Å²) in [6.45, 7) is -0.381. The second-order valence-corrected chi connectivity index (χ2v) is 16.3. The van der Waals surface area contributed by atoms with E-state index >= 15 is 0 Å². The maximum absolute atomic E-state index is 14.4. The fourth-order valence-corrected chi connectivity index (χ4v) is 11.7. The Balaban J connectivity index is 1.29. The Kier molecular flexibility index (Phi) is 4.56. The van der Waals surface area contributed by atoms with Crippen molar-refractivity contribution in [3.63, 3.8) is 0 Å². The van der Waals surface area contributed by atoms with Gasteiger partial charge in [-0.05, 0) is 86.5 Å². The molecule has 4 aliphatic rings. The Morgan fingerprint density at radius 2 is 0.809 bits per heavy atom. The van der Waals surface area contributed by atoms with Crippen molar-refractivity contribution in [2.75, 3.05) is 9.80 Å². The first-order valence-electron chi connectivity index (χ1n) is 15.4. The number of anilines is 6. The standard InChI is InChI=1S/C38H21BN2O4S2/c42-46(43)32-16-5-12-26-37(32)40(30-18-22-8-1-3-10-24(22)20-34(30)46)28-14-7-15-29-36(28)39(26)27-13-6-17-33-38(27)41(29)31-19-23-9-2-4-11-25(23)21-35(31)47(33,44)45/h1-21H. The smallest absolute Gasteiger partial charge is 0.252 e. The molecule has 0 unspecified atom stereocenters. The van der Waals surface area contributed by atoms with Gasteiger partial charge < -0.3 is 9.80 Å². The van der Waals surface area contributed by atoms with Crippen LogP contribution in [0.1, 0.15) is 0 Å². The number of benzene rings is 7. The van der Waals surface area contributed by atoms with Gasteiger partial charge in [0.2, 0.25) is 19.7 Å². The molecule has 0 saturated carbocycles. The van der Waals surface area contributed by atoms with Gasteiger partial charge in [0.1, 0.15) is 0 Å². The molecule has 4 heterocycles. The van der Waals surface area contributed by atoms with Crippen molar-refractivity contribution in [3.8, 4) is 0 Å². The summed E-state index contributed by atoms with van der Waals surface area (Å²) in [5.74, 6) is 0. The molecule has 9 heteroatoms. The van der Waals surface area contributed by atoms with Crippen LogP contribution in [-0.4, -0.2) is 23.5 Å². The molecule has 0 N–H and O–H groups in total. The van der Waals surface area contributed by atoms with E-state index in [4.69, 9.17) is 0 Å². The molecule has 0 amide bonds. The summed E-state index contributed by atoms with van der Waals surface area (Å²) in [7, 11) is -7.74. The molecule has 4 aliphatic heterocycles. The Hall–Kier alpha value is -5.38. The van der Waals surface area contributed by atoms with E-state index in [1.165, 1.54) is 0 Å². The predicted octanol–water partition coefficient (Wildman–Crippen LogP) is 6.37. The van der Waals surface area contributed by atoms with Crippen molar-refractivity contribution in [2.45, 2.75) is 19.6 Å². The maximum atomic E-state index is 14.4. The van der Waals surface area contributed by atoms with E-state index in [-0.39, 0.29) is 26.3 Å². The molecule has 7 aromatic carbocycles. The first-order valence-corrected chi connectivity index (χ1v) is 18.4. The van der Waals surface area contributed by atoms with Crippen LogP contribution in [0.25, 0.3) is 21.5 Å². The largest absolute Gasteiger partial charge is 0.309 e. The molecule has 0 bridgehead atoms. The van der Waals surface area contributed by atoms with E-state index in [2.05, 4.69) is 21.9 Å². The van der Waals surface area contributed by atoms with Crippen molar-refractivity contribution in [1.82, 2.24) is 0 Å². The van der Waals surface area contributed by atoms with Crippen molar-refractivity contribution in [1.29, 1.82) is 0 Å². The zero-order valence-corrected chi connectivity index (χ0v) is 26.2. The summed E-state index contributed by atoms with van der Waals surface area (Å²) < 4.78 is 57.5. The first kappa shape index (κ1) is 25.8. The molecule has 7 aromatic rings. The fraction of sp³-hybridized carbons (Fsp3) is 0. The van der Waals surface area contributed by atoms with Crippen molar-refractivity contribution >= 4 is 98.4 Å². The number of nitrogens with zero attached hydrogens (tertiary/aromatic N) is 2. The van der Waals surface area contributed by atoms with Crippen LogP contribution in [0.15, 0.2) is 147 Å². The van der Waals surface area contributed by atoms with Gasteiger partial charge >= 0.3 is 0 Å². The lowest BCUT2D eigenvalue weighted by atomic mass is 9.33. The Labute approximate surface area is 271 Å². The summed E-state index contributed by atoms with van der Waals surface area (Å²) in [6, 6.07) is 40.2. The molecular formula is C38H21BN2O4S2. The van der Waals surface area contributed by atoms with Gasteiger partial charge in [0.25, 0.3) is 6.71 Å². The van der Waals surface area contributed by atoms with Gasteiger partial charge in [0, 0.05) is 11.4 Å². The van der Waals surface area contributed by atoms with Crippen LogP contribution >= 0.6 is 0 Å². The molecule has 0 aromatic heterocycles. The molecule has 0 fully saturated rings. The number of hydrogen-bond acceptors (Lipinski definition) is 6. The molecule has 6 nitrogen and oxygen atoms in total. The summed E-state index contributed by atoms with van der Waals surface area (Å²) in [4.78, 5) is 5.28. The lowest BCUT2D eigenvalue weighted by Gasteiger charge is -2.47. The Bertz CT molecular complexity index is 2680. The van der Waals surface area contributed by atoms with Gasteiger partial charge in [-0.25, -0.2) is 16.8 Å². The van der Waals surface area contributed by atoms with Gasteiger partial charge in [0.05, 0.1) is 42.3 Å². The summed E-state index contributed by atoms with van der Waals surface area (Å²) in [5, 5.41) is 3.62. The highest BCUT2D eigenvalue weighted by Gasteiger charge is 2.50. The van der Waals surface area contributed by atoms with Crippen LogP contribution in [0.2, 0.25) is 0 Å². The Morgan fingerprint density at radius 3 is 1.26 bits per heavy atom. The highest BCUT2D eigenvalue weighted by atomic mass is 32.2.